The highest BCUT2D eigenvalue weighted by atomic mass is 14.9. The Kier molecular flexibility index (Phi) is 5.28. The van der Waals surface area contributed by atoms with Crippen LogP contribution in [0.3, 0.4) is 0 Å². The van der Waals surface area contributed by atoms with E-state index in [-0.39, 0.29) is 6.71 Å². The zero-order valence-corrected chi connectivity index (χ0v) is 12.9. The second-order valence-corrected chi connectivity index (χ2v) is 5.73. The van der Waals surface area contributed by atoms with Crippen molar-refractivity contribution < 1.29 is 0 Å². The average Bonchev–Trinajstić information content (AvgIpc) is 2.54. The first kappa shape index (κ1) is 15.4. The van der Waals surface area contributed by atoms with Gasteiger partial charge in [0, 0.05) is 23.3 Å². The summed E-state index contributed by atoms with van der Waals surface area (Å²) in [5.41, 5.74) is 4.68. The van der Waals surface area contributed by atoms with Crippen LogP contribution in [-0.2, 0) is 6.42 Å². The van der Waals surface area contributed by atoms with Gasteiger partial charge >= 0.3 is 0 Å². The van der Waals surface area contributed by atoms with Gasteiger partial charge in [0.1, 0.15) is 0 Å². The summed E-state index contributed by atoms with van der Waals surface area (Å²) in [6, 6.07) is 6.73. The van der Waals surface area contributed by atoms with Crippen LogP contribution in [0.5, 0.6) is 0 Å². The molecule has 21 heavy (non-hydrogen) atoms. The molecule has 1 saturated heterocycles. The van der Waals surface area contributed by atoms with Crippen LogP contribution in [0.4, 0.5) is 0 Å². The SMILES string of the molecule is C=Cc1cccc(C(=C)NC2CCB(C#N)CC2)c1CC. The fraction of sp³-hybridized carbons (Fsp3) is 0.389. The van der Waals surface area contributed by atoms with E-state index < -0.39 is 0 Å². The second-order valence-electron chi connectivity index (χ2n) is 5.73. The molecule has 0 aromatic heterocycles. The lowest BCUT2D eigenvalue weighted by Crippen LogP contribution is -2.34. The maximum absolute atomic E-state index is 8.97. The van der Waals surface area contributed by atoms with Crippen LogP contribution in [-0.4, -0.2) is 12.8 Å². The molecule has 1 aromatic rings. The van der Waals surface area contributed by atoms with Gasteiger partial charge in [0.25, 0.3) is 6.71 Å². The topological polar surface area (TPSA) is 35.8 Å². The van der Waals surface area contributed by atoms with Crippen LogP contribution in [0.2, 0.25) is 12.6 Å². The number of nitrogens with zero attached hydrogens (tertiary/aromatic N) is 1. The number of hydrogen-bond acceptors (Lipinski definition) is 2. The Morgan fingerprint density at radius 3 is 2.76 bits per heavy atom. The highest BCUT2D eigenvalue weighted by Gasteiger charge is 2.24. The Bertz CT molecular complexity index is 563. The highest BCUT2D eigenvalue weighted by Crippen LogP contribution is 2.25. The monoisotopic (exact) mass is 278 g/mol. The molecule has 3 heteroatoms. The molecule has 0 radical (unpaired) electrons. The van der Waals surface area contributed by atoms with E-state index in [2.05, 4.69) is 49.6 Å². The predicted molar refractivity (Wildman–Crippen MR) is 92.1 cm³/mol. The largest absolute Gasteiger partial charge is 0.382 e. The van der Waals surface area contributed by atoms with Crippen molar-refractivity contribution in [2.75, 3.05) is 0 Å². The molecule has 1 fully saturated rings. The number of hydrogen-bond donors (Lipinski definition) is 1. The Labute approximate surface area is 128 Å². The van der Waals surface area contributed by atoms with Gasteiger partial charge in [-0.2, -0.15) is 0 Å². The number of nitrogens with one attached hydrogen (secondary N) is 1. The Morgan fingerprint density at radius 1 is 1.48 bits per heavy atom. The van der Waals surface area contributed by atoms with E-state index in [1.165, 1.54) is 16.7 Å². The molecular weight excluding hydrogens is 255 g/mol. The van der Waals surface area contributed by atoms with Crippen LogP contribution in [0.25, 0.3) is 11.8 Å². The van der Waals surface area contributed by atoms with Gasteiger partial charge in [-0.1, -0.05) is 57.0 Å². The first-order valence-electron chi connectivity index (χ1n) is 7.79. The molecule has 0 saturated carbocycles. The Hall–Kier alpha value is -1.95. The predicted octanol–water partition coefficient (Wildman–Crippen LogP) is 4.17. The number of benzene rings is 1. The van der Waals surface area contributed by atoms with E-state index in [9.17, 15) is 0 Å². The molecule has 0 bridgehead atoms. The number of rotatable bonds is 5. The van der Waals surface area contributed by atoms with Crippen LogP contribution >= 0.6 is 0 Å². The summed E-state index contributed by atoms with van der Waals surface area (Å²) in [4.78, 5) is 0. The third-order valence-electron chi connectivity index (χ3n) is 4.40. The van der Waals surface area contributed by atoms with E-state index in [0.29, 0.717) is 6.04 Å². The Morgan fingerprint density at radius 2 is 2.19 bits per heavy atom. The highest BCUT2D eigenvalue weighted by molar-refractivity contribution is 6.67. The van der Waals surface area contributed by atoms with E-state index >= 15 is 0 Å². The van der Waals surface area contributed by atoms with E-state index in [4.69, 9.17) is 5.26 Å². The molecule has 1 aromatic carbocycles. The van der Waals surface area contributed by atoms with E-state index in [1.54, 1.807) is 0 Å². The minimum absolute atomic E-state index is 0.242. The number of nitriles is 1. The summed E-state index contributed by atoms with van der Waals surface area (Å²) in [5.74, 6) is 2.38. The van der Waals surface area contributed by atoms with Crippen molar-refractivity contribution in [2.24, 2.45) is 0 Å². The van der Waals surface area contributed by atoms with E-state index in [0.717, 1.165) is 37.6 Å². The molecule has 0 unspecified atom stereocenters. The van der Waals surface area contributed by atoms with E-state index in [1.807, 2.05) is 6.08 Å². The van der Waals surface area contributed by atoms with Gasteiger partial charge in [-0.05, 0) is 30.4 Å². The molecule has 0 aliphatic carbocycles. The molecule has 1 aliphatic rings. The summed E-state index contributed by atoms with van der Waals surface area (Å²) >= 11 is 0. The molecule has 108 valence electrons. The van der Waals surface area contributed by atoms with Crippen molar-refractivity contribution in [1.82, 2.24) is 5.32 Å². The molecule has 1 heterocycles. The van der Waals surface area contributed by atoms with Crippen LogP contribution in [0, 0.1) is 11.2 Å². The molecule has 1 N–H and O–H groups in total. The maximum Gasteiger partial charge on any atom is 0.268 e. The van der Waals surface area contributed by atoms with Gasteiger partial charge in [0.15, 0.2) is 0 Å². The van der Waals surface area contributed by atoms with Crippen molar-refractivity contribution in [2.45, 2.75) is 44.9 Å². The van der Waals surface area contributed by atoms with Crippen molar-refractivity contribution in [3.8, 4) is 5.97 Å². The van der Waals surface area contributed by atoms with Gasteiger partial charge in [0.2, 0.25) is 0 Å². The fourth-order valence-electron chi connectivity index (χ4n) is 3.16. The van der Waals surface area contributed by atoms with Crippen molar-refractivity contribution in [3.63, 3.8) is 0 Å². The molecule has 2 nitrogen and oxygen atoms in total. The summed E-state index contributed by atoms with van der Waals surface area (Å²) < 4.78 is 0. The molecular formula is C18H23BN2. The summed E-state index contributed by atoms with van der Waals surface area (Å²) in [7, 11) is 0. The second kappa shape index (κ2) is 7.17. The first-order valence-corrected chi connectivity index (χ1v) is 7.79. The zero-order chi connectivity index (χ0) is 15.2. The van der Waals surface area contributed by atoms with Gasteiger partial charge in [0.05, 0.1) is 0 Å². The zero-order valence-electron chi connectivity index (χ0n) is 12.9. The van der Waals surface area contributed by atoms with Gasteiger partial charge in [-0.25, -0.2) is 5.26 Å². The minimum Gasteiger partial charge on any atom is -0.382 e. The molecule has 0 spiro atoms. The first-order chi connectivity index (χ1) is 10.2. The van der Waals surface area contributed by atoms with Crippen LogP contribution in [0.15, 0.2) is 31.4 Å². The van der Waals surface area contributed by atoms with Crippen molar-refractivity contribution >= 4 is 18.5 Å². The fourth-order valence-corrected chi connectivity index (χ4v) is 3.16. The standard InChI is InChI=1S/C18H23BN2/c1-4-15-7-6-8-18(17(15)5-2)14(3)21-16-9-11-19(13-20)12-10-16/h4,6-8,16,21H,1,3,5,9-12H2,2H3. The molecule has 1 aliphatic heterocycles. The molecule has 0 atom stereocenters. The molecule has 0 amide bonds. The summed E-state index contributed by atoms with van der Waals surface area (Å²) in [5, 5.41) is 12.5. The summed E-state index contributed by atoms with van der Waals surface area (Å²) in [6.45, 7) is 10.5. The lowest BCUT2D eigenvalue weighted by Gasteiger charge is -2.27. The third kappa shape index (κ3) is 3.58. The summed E-state index contributed by atoms with van der Waals surface area (Å²) in [6.07, 6.45) is 6.98. The Balaban J connectivity index is 2.08. The van der Waals surface area contributed by atoms with Crippen LogP contribution < -0.4 is 5.32 Å². The lowest BCUT2D eigenvalue weighted by atomic mass is 9.42. The third-order valence-corrected chi connectivity index (χ3v) is 4.40. The van der Waals surface area contributed by atoms with Crippen molar-refractivity contribution in [3.05, 3.63) is 48.0 Å². The van der Waals surface area contributed by atoms with Gasteiger partial charge in [-0.15, -0.1) is 0 Å². The maximum atomic E-state index is 8.97. The quantitative estimate of drug-likeness (QED) is 0.820. The van der Waals surface area contributed by atoms with Crippen LogP contribution in [0.1, 0.15) is 36.5 Å². The lowest BCUT2D eigenvalue weighted by molar-refractivity contribution is 0.539. The van der Waals surface area contributed by atoms with Gasteiger partial charge < -0.3 is 5.32 Å². The van der Waals surface area contributed by atoms with Crippen molar-refractivity contribution in [1.29, 1.82) is 5.26 Å². The average molecular weight is 278 g/mol. The minimum atomic E-state index is 0.242. The van der Waals surface area contributed by atoms with Gasteiger partial charge in [-0.3, -0.25) is 0 Å². The normalized spacial score (nSPS) is 15.3. The molecule has 2 rings (SSSR count). The smallest absolute Gasteiger partial charge is 0.268 e.